The van der Waals surface area contributed by atoms with Crippen LogP contribution in [0.4, 0.5) is 0 Å². The lowest BCUT2D eigenvalue weighted by Crippen LogP contribution is -2.37. The third-order valence-electron chi connectivity index (χ3n) is 4.49. The van der Waals surface area contributed by atoms with Gasteiger partial charge in [-0.3, -0.25) is 9.88 Å². The van der Waals surface area contributed by atoms with Crippen molar-refractivity contribution in [3.8, 4) is 0 Å². The van der Waals surface area contributed by atoms with E-state index < -0.39 is 6.10 Å². The number of rotatable bonds is 8. The van der Waals surface area contributed by atoms with Crippen molar-refractivity contribution in [2.75, 3.05) is 40.3 Å². The predicted octanol–water partition coefficient (Wildman–Crippen LogP) is 1.79. The molecule has 1 N–H and O–H groups in total. The monoisotopic (exact) mass is 321 g/mol. The average molecular weight is 321 g/mol. The largest absolute Gasteiger partial charge is 0.389 e. The van der Waals surface area contributed by atoms with Crippen molar-refractivity contribution in [2.24, 2.45) is 5.92 Å². The standard InChI is InChI=1S/C18H31N3O2/c1-14(2)23-13-17(22)12-20(3)11-16-7-9-21(4)18(16)15-6-5-8-19-10-15/h5-6,8,10,14,16-18,22H,7,9,11-13H2,1-4H3/t16-,17-,18-/m0/s1. The summed E-state index contributed by atoms with van der Waals surface area (Å²) in [5, 5.41) is 10.1. The van der Waals surface area contributed by atoms with E-state index >= 15 is 0 Å². The first kappa shape index (κ1) is 18.3. The highest BCUT2D eigenvalue weighted by Gasteiger charge is 2.33. The second kappa shape index (κ2) is 8.73. The molecule has 2 rings (SSSR count). The number of aromatic nitrogens is 1. The molecule has 0 saturated carbocycles. The molecule has 23 heavy (non-hydrogen) atoms. The maximum absolute atomic E-state index is 10.1. The molecule has 0 spiro atoms. The van der Waals surface area contributed by atoms with E-state index in [2.05, 4.69) is 34.9 Å². The Morgan fingerprint density at radius 3 is 2.91 bits per heavy atom. The van der Waals surface area contributed by atoms with Gasteiger partial charge in [0.25, 0.3) is 0 Å². The number of aliphatic hydroxyl groups is 1. The van der Waals surface area contributed by atoms with Crippen molar-refractivity contribution in [3.63, 3.8) is 0 Å². The third kappa shape index (κ3) is 5.53. The minimum Gasteiger partial charge on any atom is -0.389 e. The topological polar surface area (TPSA) is 48.8 Å². The van der Waals surface area contributed by atoms with Gasteiger partial charge < -0.3 is 14.7 Å². The Balaban J connectivity index is 1.88. The number of hydrogen-bond acceptors (Lipinski definition) is 5. The summed E-state index contributed by atoms with van der Waals surface area (Å²) in [6.45, 7) is 7.11. The maximum Gasteiger partial charge on any atom is 0.0900 e. The zero-order valence-corrected chi connectivity index (χ0v) is 14.9. The van der Waals surface area contributed by atoms with Gasteiger partial charge in [0.1, 0.15) is 0 Å². The van der Waals surface area contributed by atoms with Gasteiger partial charge in [0.05, 0.1) is 18.8 Å². The molecule has 0 aliphatic carbocycles. The van der Waals surface area contributed by atoms with Crippen LogP contribution in [0.3, 0.4) is 0 Å². The fourth-order valence-corrected chi connectivity index (χ4v) is 3.49. The minimum atomic E-state index is -0.432. The van der Waals surface area contributed by atoms with Crippen molar-refractivity contribution in [1.29, 1.82) is 0 Å². The molecular weight excluding hydrogens is 290 g/mol. The Bertz CT molecular complexity index is 455. The molecule has 130 valence electrons. The first-order valence-corrected chi connectivity index (χ1v) is 8.55. The third-order valence-corrected chi connectivity index (χ3v) is 4.49. The van der Waals surface area contributed by atoms with E-state index in [-0.39, 0.29) is 6.10 Å². The number of nitrogens with zero attached hydrogens (tertiary/aromatic N) is 3. The van der Waals surface area contributed by atoms with Gasteiger partial charge in [0.2, 0.25) is 0 Å². The van der Waals surface area contributed by atoms with Crippen LogP contribution in [0.5, 0.6) is 0 Å². The molecule has 1 aromatic rings. The van der Waals surface area contributed by atoms with E-state index in [9.17, 15) is 5.11 Å². The van der Waals surface area contributed by atoms with Crippen molar-refractivity contribution >= 4 is 0 Å². The van der Waals surface area contributed by atoms with E-state index in [4.69, 9.17) is 4.74 Å². The molecule has 1 saturated heterocycles. The number of likely N-dealkylation sites (N-methyl/N-ethyl adjacent to an activating group) is 1. The Hall–Kier alpha value is -1.01. The summed E-state index contributed by atoms with van der Waals surface area (Å²) in [5.41, 5.74) is 1.29. The highest BCUT2D eigenvalue weighted by Crippen LogP contribution is 2.36. The van der Waals surface area contributed by atoms with Gasteiger partial charge in [-0.2, -0.15) is 0 Å². The van der Waals surface area contributed by atoms with Crippen LogP contribution in [0.2, 0.25) is 0 Å². The van der Waals surface area contributed by atoms with Gasteiger partial charge >= 0.3 is 0 Å². The summed E-state index contributed by atoms with van der Waals surface area (Å²) in [6.07, 6.45) is 4.71. The molecule has 0 amide bonds. The fraction of sp³-hybridized carbons (Fsp3) is 0.722. The Kier molecular flexibility index (Phi) is 6.96. The van der Waals surface area contributed by atoms with E-state index in [1.807, 2.05) is 32.3 Å². The second-order valence-electron chi connectivity index (χ2n) is 7.02. The molecule has 2 heterocycles. The molecule has 3 atom stereocenters. The molecule has 1 aromatic heterocycles. The quantitative estimate of drug-likeness (QED) is 0.791. The van der Waals surface area contributed by atoms with Crippen LogP contribution in [-0.2, 0) is 4.74 Å². The Labute approximate surface area is 140 Å². The Morgan fingerprint density at radius 1 is 1.48 bits per heavy atom. The molecule has 1 aliphatic heterocycles. The number of likely N-dealkylation sites (tertiary alicyclic amines) is 1. The molecular formula is C18H31N3O2. The average Bonchev–Trinajstić information content (AvgIpc) is 2.86. The van der Waals surface area contributed by atoms with Gasteiger partial charge in [0.15, 0.2) is 0 Å². The van der Waals surface area contributed by atoms with Crippen LogP contribution in [0, 0.1) is 5.92 Å². The van der Waals surface area contributed by atoms with Gasteiger partial charge in [-0.05, 0) is 58.5 Å². The molecule has 0 bridgehead atoms. The van der Waals surface area contributed by atoms with Crippen LogP contribution in [0.15, 0.2) is 24.5 Å². The molecule has 5 heteroatoms. The summed E-state index contributed by atoms with van der Waals surface area (Å²) in [4.78, 5) is 8.90. The summed E-state index contributed by atoms with van der Waals surface area (Å²) < 4.78 is 5.49. The van der Waals surface area contributed by atoms with Crippen LogP contribution < -0.4 is 0 Å². The number of hydrogen-bond donors (Lipinski definition) is 1. The van der Waals surface area contributed by atoms with Crippen molar-refractivity contribution in [3.05, 3.63) is 30.1 Å². The van der Waals surface area contributed by atoms with Crippen LogP contribution >= 0.6 is 0 Å². The Morgan fingerprint density at radius 2 is 2.26 bits per heavy atom. The zero-order valence-electron chi connectivity index (χ0n) is 14.9. The fourth-order valence-electron chi connectivity index (χ4n) is 3.49. The van der Waals surface area contributed by atoms with Gasteiger partial charge in [0, 0.05) is 31.5 Å². The van der Waals surface area contributed by atoms with E-state index in [0.29, 0.717) is 25.1 Å². The first-order valence-electron chi connectivity index (χ1n) is 8.55. The SMILES string of the molecule is CC(C)OC[C@@H](O)CN(C)C[C@@H]1CCN(C)[C@H]1c1cccnc1. The summed E-state index contributed by atoms with van der Waals surface area (Å²) >= 11 is 0. The molecule has 0 aromatic carbocycles. The smallest absolute Gasteiger partial charge is 0.0900 e. The lowest BCUT2D eigenvalue weighted by atomic mass is 9.94. The minimum absolute atomic E-state index is 0.161. The molecule has 0 radical (unpaired) electrons. The molecule has 0 unspecified atom stereocenters. The number of pyridine rings is 1. The van der Waals surface area contributed by atoms with Crippen LogP contribution in [-0.4, -0.2) is 72.4 Å². The van der Waals surface area contributed by atoms with Gasteiger partial charge in [-0.25, -0.2) is 0 Å². The highest BCUT2D eigenvalue weighted by molar-refractivity contribution is 5.17. The molecule has 1 aliphatic rings. The normalized spacial score (nSPS) is 23.8. The summed E-state index contributed by atoms with van der Waals surface area (Å²) in [7, 11) is 4.26. The number of ether oxygens (including phenoxy) is 1. The lowest BCUT2D eigenvalue weighted by Gasteiger charge is -2.29. The van der Waals surface area contributed by atoms with Crippen molar-refractivity contribution in [1.82, 2.24) is 14.8 Å². The van der Waals surface area contributed by atoms with Crippen LogP contribution in [0.1, 0.15) is 31.9 Å². The summed E-state index contributed by atoms with van der Waals surface area (Å²) in [5.74, 6) is 0.562. The highest BCUT2D eigenvalue weighted by atomic mass is 16.5. The van der Waals surface area contributed by atoms with Crippen LogP contribution in [0.25, 0.3) is 0 Å². The zero-order chi connectivity index (χ0) is 16.8. The number of aliphatic hydroxyl groups excluding tert-OH is 1. The summed E-state index contributed by atoms with van der Waals surface area (Å²) in [6, 6.07) is 4.59. The maximum atomic E-state index is 10.1. The lowest BCUT2D eigenvalue weighted by molar-refractivity contribution is -0.00737. The van der Waals surface area contributed by atoms with E-state index in [0.717, 1.165) is 13.1 Å². The van der Waals surface area contributed by atoms with Gasteiger partial charge in [-0.1, -0.05) is 6.07 Å². The van der Waals surface area contributed by atoms with E-state index in [1.54, 1.807) is 0 Å². The van der Waals surface area contributed by atoms with E-state index in [1.165, 1.54) is 12.0 Å². The molecule has 1 fully saturated rings. The van der Waals surface area contributed by atoms with Crippen molar-refractivity contribution in [2.45, 2.75) is 38.5 Å². The van der Waals surface area contributed by atoms with Gasteiger partial charge in [-0.15, -0.1) is 0 Å². The first-order chi connectivity index (χ1) is 11.0. The predicted molar refractivity (Wildman–Crippen MR) is 92.3 cm³/mol. The molecule has 5 nitrogen and oxygen atoms in total. The second-order valence-corrected chi connectivity index (χ2v) is 7.02. The van der Waals surface area contributed by atoms with Crippen molar-refractivity contribution < 1.29 is 9.84 Å².